The van der Waals surface area contributed by atoms with E-state index in [1.165, 1.54) is 83.5 Å². The normalized spacial score (nSPS) is 29.1. The van der Waals surface area contributed by atoms with Crippen LogP contribution in [0.5, 0.6) is 0 Å². The fourth-order valence-electron chi connectivity index (χ4n) is 7.04. The summed E-state index contributed by atoms with van der Waals surface area (Å²) in [5.74, 6) is 1.21. The molecule has 3 N–H and O–H groups in total. The third-order valence-electron chi connectivity index (χ3n) is 9.53. The summed E-state index contributed by atoms with van der Waals surface area (Å²) in [6.07, 6.45) is 26.8. The first-order valence-electron chi connectivity index (χ1n) is 14.3. The van der Waals surface area contributed by atoms with E-state index < -0.39 is 0 Å². The van der Waals surface area contributed by atoms with Crippen LogP contribution in [0, 0.1) is 11.8 Å². The molecular formula is C29H51N3O. The molecule has 3 atom stereocenters. The molecule has 4 aliphatic rings. The molecule has 188 valence electrons. The SMILES string of the molecule is CN(C(O)CC(CCN1CCC(N)(C2=CCCCC2)CC1)C1C=CCCC1)C1CCCCC1. The molecule has 1 saturated carbocycles. The van der Waals surface area contributed by atoms with Gasteiger partial charge >= 0.3 is 0 Å². The van der Waals surface area contributed by atoms with Gasteiger partial charge in [0.25, 0.3) is 0 Å². The first-order chi connectivity index (χ1) is 16.0. The van der Waals surface area contributed by atoms with Crippen molar-refractivity contribution in [2.45, 2.75) is 121 Å². The predicted molar refractivity (Wildman–Crippen MR) is 139 cm³/mol. The predicted octanol–water partition coefficient (Wildman–Crippen LogP) is 5.62. The average Bonchev–Trinajstić information content (AvgIpc) is 2.88. The fourth-order valence-corrected chi connectivity index (χ4v) is 7.04. The Bertz CT molecular complexity index is 645. The van der Waals surface area contributed by atoms with E-state index in [1.54, 1.807) is 5.57 Å². The van der Waals surface area contributed by atoms with Crippen molar-refractivity contribution in [1.29, 1.82) is 0 Å². The van der Waals surface area contributed by atoms with Gasteiger partial charge in [0.05, 0.1) is 0 Å². The topological polar surface area (TPSA) is 52.7 Å². The van der Waals surface area contributed by atoms with E-state index in [4.69, 9.17) is 5.73 Å². The molecule has 1 aliphatic heterocycles. The van der Waals surface area contributed by atoms with Gasteiger partial charge in [0.15, 0.2) is 0 Å². The lowest BCUT2D eigenvalue weighted by atomic mass is 9.76. The van der Waals surface area contributed by atoms with E-state index >= 15 is 0 Å². The molecule has 0 spiro atoms. The minimum absolute atomic E-state index is 0.0403. The van der Waals surface area contributed by atoms with Crippen molar-refractivity contribution in [3.05, 3.63) is 23.8 Å². The second-order valence-electron chi connectivity index (χ2n) is 11.7. The molecule has 4 heteroatoms. The first kappa shape index (κ1) is 25.4. The van der Waals surface area contributed by atoms with Crippen molar-refractivity contribution in [3.63, 3.8) is 0 Å². The zero-order valence-electron chi connectivity index (χ0n) is 21.4. The van der Waals surface area contributed by atoms with E-state index in [1.807, 2.05) is 0 Å². The summed E-state index contributed by atoms with van der Waals surface area (Å²) in [5, 5.41) is 11.2. The molecular weight excluding hydrogens is 406 g/mol. The molecule has 0 aromatic heterocycles. The van der Waals surface area contributed by atoms with Crippen LogP contribution in [0.2, 0.25) is 0 Å². The van der Waals surface area contributed by atoms with Gasteiger partial charge in [0.2, 0.25) is 0 Å². The highest BCUT2D eigenvalue weighted by molar-refractivity contribution is 5.22. The van der Waals surface area contributed by atoms with E-state index in [0.29, 0.717) is 17.9 Å². The summed E-state index contributed by atoms with van der Waals surface area (Å²) in [7, 11) is 2.17. The molecule has 3 aliphatic carbocycles. The molecule has 33 heavy (non-hydrogen) atoms. The Morgan fingerprint density at radius 3 is 2.52 bits per heavy atom. The van der Waals surface area contributed by atoms with Crippen LogP contribution in [0.3, 0.4) is 0 Å². The molecule has 1 heterocycles. The molecule has 3 unspecified atom stereocenters. The van der Waals surface area contributed by atoms with Crippen LogP contribution in [0.15, 0.2) is 23.8 Å². The quantitative estimate of drug-likeness (QED) is 0.349. The maximum atomic E-state index is 11.2. The number of nitrogens with two attached hydrogens (primary N) is 1. The van der Waals surface area contributed by atoms with Gasteiger partial charge in [0, 0.05) is 24.7 Å². The summed E-state index contributed by atoms with van der Waals surface area (Å²) < 4.78 is 0. The minimum atomic E-state index is -0.301. The van der Waals surface area contributed by atoms with Crippen LogP contribution in [-0.4, -0.2) is 59.4 Å². The molecule has 2 fully saturated rings. The van der Waals surface area contributed by atoms with Crippen molar-refractivity contribution in [2.24, 2.45) is 17.6 Å². The fraction of sp³-hybridized carbons (Fsp3) is 0.862. The van der Waals surface area contributed by atoms with Crippen molar-refractivity contribution < 1.29 is 5.11 Å². The van der Waals surface area contributed by atoms with Gasteiger partial charge in [-0.1, -0.05) is 43.1 Å². The van der Waals surface area contributed by atoms with E-state index in [-0.39, 0.29) is 11.8 Å². The third kappa shape index (κ3) is 6.93. The van der Waals surface area contributed by atoms with Crippen LogP contribution >= 0.6 is 0 Å². The third-order valence-corrected chi connectivity index (χ3v) is 9.53. The molecule has 0 radical (unpaired) electrons. The standard InChI is InChI=1S/C29H51N3O/c1-31(27-15-9-4-10-16-27)28(33)23-25(24-11-5-2-6-12-24)17-20-32-21-18-29(30,19-22-32)26-13-7-3-8-14-26/h5,11,13,24-25,27-28,33H,2-4,6-10,12,14-23,30H2,1H3. The maximum absolute atomic E-state index is 11.2. The minimum Gasteiger partial charge on any atom is -0.378 e. The molecule has 0 aromatic carbocycles. The van der Waals surface area contributed by atoms with Crippen LogP contribution < -0.4 is 5.73 Å². The number of aliphatic hydroxyl groups excluding tert-OH is 1. The first-order valence-corrected chi connectivity index (χ1v) is 14.3. The highest BCUT2D eigenvalue weighted by Gasteiger charge is 2.35. The highest BCUT2D eigenvalue weighted by atomic mass is 16.3. The van der Waals surface area contributed by atoms with Crippen LogP contribution in [0.25, 0.3) is 0 Å². The Morgan fingerprint density at radius 2 is 1.85 bits per heavy atom. The second-order valence-corrected chi connectivity index (χ2v) is 11.7. The van der Waals surface area contributed by atoms with E-state index in [9.17, 15) is 5.11 Å². The van der Waals surface area contributed by atoms with Crippen molar-refractivity contribution in [3.8, 4) is 0 Å². The summed E-state index contributed by atoms with van der Waals surface area (Å²) in [4.78, 5) is 4.96. The number of piperidine rings is 1. The Labute approximate surface area is 203 Å². The van der Waals surface area contributed by atoms with Crippen molar-refractivity contribution in [2.75, 3.05) is 26.7 Å². The largest absolute Gasteiger partial charge is 0.378 e. The molecule has 0 aromatic rings. The smallest absolute Gasteiger partial charge is 0.107 e. The lowest BCUT2D eigenvalue weighted by molar-refractivity contribution is -0.0364. The lowest BCUT2D eigenvalue weighted by Gasteiger charge is -2.42. The number of hydrogen-bond acceptors (Lipinski definition) is 4. The molecule has 4 nitrogen and oxygen atoms in total. The van der Waals surface area contributed by atoms with E-state index in [2.05, 4.69) is 35.1 Å². The van der Waals surface area contributed by atoms with Gasteiger partial charge in [-0.15, -0.1) is 0 Å². The second kappa shape index (κ2) is 12.3. The molecule has 0 amide bonds. The molecule has 1 saturated heterocycles. The Balaban J connectivity index is 1.30. The van der Waals surface area contributed by atoms with Crippen LogP contribution in [0.4, 0.5) is 0 Å². The highest BCUT2D eigenvalue weighted by Crippen LogP contribution is 2.35. The molecule has 0 bridgehead atoms. The summed E-state index contributed by atoms with van der Waals surface area (Å²) >= 11 is 0. The van der Waals surface area contributed by atoms with Crippen molar-refractivity contribution >= 4 is 0 Å². The summed E-state index contributed by atoms with van der Waals surface area (Å²) in [6, 6.07) is 0.574. The lowest BCUT2D eigenvalue weighted by Crippen LogP contribution is -2.52. The monoisotopic (exact) mass is 457 g/mol. The van der Waals surface area contributed by atoms with Gasteiger partial charge in [-0.3, -0.25) is 4.90 Å². The molecule has 4 rings (SSSR count). The van der Waals surface area contributed by atoms with Crippen LogP contribution in [-0.2, 0) is 0 Å². The summed E-state index contributed by atoms with van der Waals surface area (Å²) in [6.45, 7) is 3.42. The Kier molecular flexibility index (Phi) is 9.50. The number of rotatable bonds is 9. The van der Waals surface area contributed by atoms with Crippen molar-refractivity contribution in [1.82, 2.24) is 9.80 Å². The maximum Gasteiger partial charge on any atom is 0.107 e. The number of nitrogens with zero attached hydrogens (tertiary/aromatic N) is 2. The van der Waals surface area contributed by atoms with Gasteiger partial charge in [-0.05, 0) is 109 Å². The zero-order chi connectivity index (χ0) is 23.1. The van der Waals surface area contributed by atoms with Gasteiger partial charge in [-0.25, -0.2) is 0 Å². The Morgan fingerprint density at radius 1 is 1.06 bits per heavy atom. The number of aliphatic hydroxyl groups is 1. The van der Waals surface area contributed by atoms with Crippen LogP contribution in [0.1, 0.15) is 103 Å². The number of likely N-dealkylation sites (tertiary alicyclic amines) is 1. The number of hydrogen-bond donors (Lipinski definition) is 2. The zero-order valence-corrected chi connectivity index (χ0v) is 21.4. The van der Waals surface area contributed by atoms with E-state index in [0.717, 1.165) is 38.9 Å². The average molecular weight is 458 g/mol. The Hall–Kier alpha value is -0.680. The number of allylic oxidation sites excluding steroid dienone is 3. The summed E-state index contributed by atoms with van der Waals surface area (Å²) in [5.41, 5.74) is 8.40. The van der Waals surface area contributed by atoms with Gasteiger partial charge < -0.3 is 15.7 Å². The van der Waals surface area contributed by atoms with Gasteiger partial charge in [-0.2, -0.15) is 0 Å². The van der Waals surface area contributed by atoms with Gasteiger partial charge in [0.1, 0.15) is 6.23 Å².